The van der Waals surface area contributed by atoms with E-state index in [-0.39, 0.29) is 11.7 Å². The van der Waals surface area contributed by atoms with Crippen molar-refractivity contribution in [2.45, 2.75) is 13.8 Å². The molecule has 3 rings (SSSR count). The van der Waals surface area contributed by atoms with Crippen molar-refractivity contribution in [2.75, 3.05) is 27.4 Å². The Hall–Kier alpha value is -2.77. The maximum absolute atomic E-state index is 13.0. The van der Waals surface area contributed by atoms with E-state index in [1.54, 1.807) is 19.1 Å². The van der Waals surface area contributed by atoms with Crippen molar-refractivity contribution in [3.05, 3.63) is 58.0 Å². The number of benzene rings is 2. The lowest BCUT2D eigenvalue weighted by Gasteiger charge is -2.14. The Bertz CT molecular complexity index is 944. The van der Waals surface area contributed by atoms with Crippen molar-refractivity contribution < 1.29 is 19.4 Å². The van der Waals surface area contributed by atoms with E-state index in [1.165, 1.54) is 11.8 Å². The standard InChI is InChI=1S/C22H24N2O4S/c1-14-11-16(12-15(2)20(14)25)13-19-21(26)24(9-10-27-3)22(29-19)23-17-5-7-18(28-4)8-6-17/h5-8,11-13,25H,9-10H2,1-4H3/b19-13-,23-22?. The van der Waals surface area contributed by atoms with Gasteiger partial charge in [0.25, 0.3) is 5.91 Å². The molecule has 0 atom stereocenters. The molecule has 1 N–H and O–H groups in total. The van der Waals surface area contributed by atoms with Crippen LogP contribution in [0.4, 0.5) is 5.69 Å². The molecule has 29 heavy (non-hydrogen) atoms. The van der Waals surface area contributed by atoms with Crippen molar-refractivity contribution in [2.24, 2.45) is 4.99 Å². The highest BCUT2D eigenvalue weighted by molar-refractivity contribution is 8.18. The number of aryl methyl sites for hydroxylation is 2. The van der Waals surface area contributed by atoms with Crippen molar-refractivity contribution in [3.8, 4) is 11.5 Å². The molecule has 0 radical (unpaired) electrons. The number of hydrogen-bond donors (Lipinski definition) is 1. The van der Waals surface area contributed by atoms with Gasteiger partial charge >= 0.3 is 0 Å². The van der Waals surface area contributed by atoms with Gasteiger partial charge in [0.1, 0.15) is 11.5 Å². The van der Waals surface area contributed by atoms with Gasteiger partial charge in [-0.15, -0.1) is 0 Å². The summed E-state index contributed by atoms with van der Waals surface area (Å²) in [6.07, 6.45) is 1.84. The number of phenolic OH excluding ortho intramolecular Hbond substituents is 1. The molecule has 6 nitrogen and oxygen atoms in total. The van der Waals surface area contributed by atoms with E-state index in [4.69, 9.17) is 9.47 Å². The van der Waals surface area contributed by atoms with Crippen molar-refractivity contribution >= 4 is 34.6 Å². The predicted octanol–water partition coefficient (Wildman–Crippen LogP) is 4.27. The average molecular weight is 413 g/mol. The van der Waals surface area contributed by atoms with Gasteiger partial charge in [-0.3, -0.25) is 9.69 Å². The van der Waals surface area contributed by atoms with E-state index in [1.807, 2.05) is 56.3 Å². The minimum absolute atomic E-state index is 0.109. The van der Waals surface area contributed by atoms with Crippen LogP contribution in [0.25, 0.3) is 6.08 Å². The summed E-state index contributed by atoms with van der Waals surface area (Å²) in [4.78, 5) is 19.8. The summed E-state index contributed by atoms with van der Waals surface area (Å²) in [5.74, 6) is 0.919. The Kier molecular flexibility index (Phi) is 6.61. The first-order chi connectivity index (χ1) is 13.9. The molecule has 1 fully saturated rings. The van der Waals surface area contributed by atoms with Crippen LogP contribution in [0.2, 0.25) is 0 Å². The number of ether oxygens (including phenoxy) is 2. The number of thioether (sulfide) groups is 1. The van der Waals surface area contributed by atoms with Crippen molar-refractivity contribution in [1.82, 2.24) is 4.90 Å². The highest BCUT2D eigenvalue weighted by Gasteiger charge is 2.33. The lowest BCUT2D eigenvalue weighted by atomic mass is 10.1. The van der Waals surface area contributed by atoms with Gasteiger partial charge in [-0.1, -0.05) is 0 Å². The lowest BCUT2D eigenvalue weighted by Crippen LogP contribution is -2.32. The second-order valence-corrected chi connectivity index (χ2v) is 7.67. The molecule has 0 bridgehead atoms. The number of methoxy groups -OCH3 is 2. The Morgan fingerprint density at radius 2 is 1.79 bits per heavy atom. The molecule has 0 unspecified atom stereocenters. The Morgan fingerprint density at radius 1 is 1.14 bits per heavy atom. The largest absolute Gasteiger partial charge is 0.507 e. The maximum Gasteiger partial charge on any atom is 0.266 e. The number of nitrogens with zero attached hydrogens (tertiary/aromatic N) is 2. The molecule has 0 spiro atoms. The molecule has 2 aromatic carbocycles. The van der Waals surface area contributed by atoms with Crippen LogP contribution >= 0.6 is 11.8 Å². The number of carbonyl (C=O) groups is 1. The van der Waals surface area contributed by atoms with Crippen LogP contribution in [0.3, 0.4) is 0 Å². The molecular weight excluding hydrogens is 388 g/mol. The second-order valence-electron chi connectivity index (χ2n) is 6.66. The SMILES string of the molecule is COCCN1C(=O)/C(=C/c2cc(C)c(O)c(C)c2)SC1=Nc1ccc(OC)cc1. The molecular formula is C22H24N2O4S. The zero-order chi connectivity index (χ0) is 21.0. The number of aliphatic imine (C=N–C) groups is 1. The first kappa shape index (κ1) is 21.0. The fraction of sp³-hybridized carbons (Fsp3) is 0.273. The third-order valence-electron chi connectivity index (χ3n) is 4.52. The van der Waals surface area contributed by atoms with E-state index < -0.39 is 0 Å². The molecule has 0 saturated carbocycles. The van der Waals surface area contributed by atoms with E-state index in [2.05, 4.69) is 4.99 Å². The number of hydrogen-bond acceptors (Lipinski definition) is 6. The maximum atomic E-state index is 13.0. The van der Waals surface area contributed by atoms with Gasteiger partial charge in [0, 0.05) is 7.11 Å². The van der Waals surface area contributed by atoms with Gasteiger partial charge in [0.2, 0.25) is 0 Å². The molecule has 7 heteroatoms. The minimum Gasteiger partial charge on any atom is -0.507 e. The normalized spacial score (nSPS) is 16.8. The minimum atomic E-state index is -0.109. The number of rotatable bonds is 6. The van der Waals surface area contributed by atoms with Crippen LogP contribution in [-0.4, -0.2) is 48.5 Å². The van der Waals surface area contributed by atoms with Gasteiger partial charge in [0.05, 0.1) is 30.9 Å². The number of aromatic hydroxyl groups is 1. The van der Waals surface area contributed by atoms with Crippen LogP contribution in [0.15, 0.2) is 46.3 Å². The van der Waals surface area contributed by atoms with Crippen LogP contribution in [0.5, 0.6) is 11.5 Å². The second kappa shape index (κ2) is 9.15. The molecule has 0 aromatic heterocycles. The van der Waals surface area contributed by atoms with E-state index in [0.717, 1.165) is 28.1 Å². The molecule has 1 aliphatic heterocycles. The summed E-state index contributed by atoms with van der Waals surface area (Å²) in [6, 6.07) is 11.1. The van der Waals surface area contributed by atoms with Gasteiger partial charge in [0.15, 0.2) is 5.17 Å². The lowest BCUT2D eigenvalue weighted by molar-refractivity contribution is -0.122. The summed E-state index contributed by atoms with van der Waals surface area (Å²) >= 11 is 1.33. The van der Waals surface area contributed by atoms with Gasteiger partial charge in [-0.05, 0) is 84.8 Å². The topological polar surface area (TPSA) is 71.4 Å². The van der Waals surface area contributed by atoms with E-state index in [9.17, 15) is 9.90 Å². The summed E-state index contributed by atoms with van der Waals surface area (Å²) in [5.41, 5.74) is 3.15. The van der Waals surface area contributed by atoms with Gasteiger partial charge in [-0.25, -0.2) is 4.99 Å². The smallest absolute Gasteiger partial charge is 0.266 e. The Morgan fingerprint density at radius 3 is 2.38 bits per heavy atom. The molecule has 1 amide bonds. The number of carbonyl (C=O) groups excluding carboxylic acids is 1. The molecule has 1 aliphatic rings. The van der Waals surface area contributed by atoms with Crippen LogP contribution in [-0.2, 0) is 9.53 Å². The van der Waals surface area contributed by atoms with Crippen molar-refractivity contribution in [1.29, 1.82) is 0 Å². The van der Waals surface area contributed by atoms with Crippen molar-refractivity contribution in [3.63, 3.8) is 0 Å². The summed E-state index contributed by atoms with van der Waals surface area (Å²) < 4.78 is 10.3. The molecule has 2 aromatic rings. The molecule has 1 heterocycles. The molecule has 1 saturated heterocycles. The van der Waals surface area contributed by atoms with Crippen LogP contribution in [0, 0.1) is 13.8 Å². The highest BCUT2D eigenvalue weighted by Crippen LogP contribution is 2.35. The summed E-state index contributed by atoms with van der Waals surface area (Å²) in [7, 11) is 3.22. The number of amidine groups is 1. The quantitative estimate of drug-likeness (QED) is 0.718. The summed E-state index contributed by atoms with van der Waals surface area (Å²) in [5, 5.41) is 10.6. The zero-order valence-electron chi connectivity index (χ0n) is 16.9. The fourth-order valence-corrected chi connectivity index (χ4v) is 3.99. The Balaban J connectivity index is 1.94. The van der Waals surface area contributed by atoms with Gasteiger partial charge < -0.3 is 14.6 Å². The molecule has 0 aliphatic carbocycles. The predicted molar refractivity (Wildman–Crippen MR) is 117 cm³/mol. The van der Waals surface area contributed by atoms with Gasteiger partial charge in [-0.2, -0.15) is 0 Å². The van der Waals surface area contributed by atoms with E-state index in [0.29, 0.717) is 23.2 Å². The zero-order valence-corrected chi connectivity index (χ0v) is 17.7. The third kappa shape index (κ3) is 4.81. The summed E-state index contributed by atoms with van der Waals surface area (Å²) in [6.45, 7) is 4.52. The van der Waals surface area contributed by atoms with E-state index >= 15 is 0 Å². The number of amides is 1. The molecule has 152 valence electrons. The highest BCUT2D eigenvalue weighted by atomic mass is 32.2. The third-order valence-corrected chi connectivity index (χ3v) is 5.52. The van der Waals surface area contributed by atoms with Crippen LogP contribution < -0.4 is 4.74 Å². The first-order valence-corrected chi connectivity index (χ1v) is 9.98. The average Bonchev–Trinajstić information content (AvgIpc) is 2.99. The number of phenols is 1. The first-order valence-electron chi connectivity index (χ1n) is 9.16. The fourth-order valence-electron chi connectivity index (χ4n) is 2.96. The monoisotopic (exact) mass is 412 g/mol. The Labute approximate surface area is 174 Å². The van der Waals surface area contributed by atoms with Crippen LogP contribution in [0.1, 0.15) is 16.7 Å².